The normalized spacial score (nSPS) is 11.2. The van der Waals surface area contributed by atoms with Crippen molar-refractivity contribution in [3.63, 3.8) is 0 Å². The second-order valence-electron chi connectivity index (χ2n) is 3.01. The number of nitrogens with zero attached hydrogens (tertiary/aromatic N) is 1. The molecule has 5 heteroatoms. The lowest BCUT2D eigenvalue weighted by molar-refractivity contribution is -0.173. The third-order valence-electron chi connectivity index (χ3n) is 1.77. The molecule has 0 aliphatic heterocycles. The number of aryl methyl sites for hydroxylation is 1. The van der Waals surface area contributed by atoms with E-state index in [9.17, 15) is 13.6 Å². The van der Waals surface area contributed by atoms with Gasteiger partial charge in [-0.05, 0) is 31.5 Å². The monoisotopic (exact) mass is 215 g/mol. The standard InChI is InChI=1S/C10H11F2NO2/c1-3-15-9(14)10(11,12)8-6-7(2)4-5-13-8/h4-6H,3H2,1-2H3. The number of alkyl halides is 2. The lowest BCUT2D eigenvalue weighted by Gasteiger charge is -2.13. The molecule has 1 rings (SSSR count). The smallest absolute Gasteiger partial charge is 0.384 e. The van der Waals surface area contributed by atoms with Crippen molar-refractivity contribution in [3.8, 4) is 0 Å². The van der Waals surface area contributed by atoms with Crippen LogP contribution in [0.3, 0.4) is 0 Å². The quantitative estimate of drug-likeness (QED) is 0.724. The van der Waals surface area contributed by atoms with Crippen LogP contribution in [0.1, 0.15) is 18.2 Å². The summed E-state index contributed by atoms with van der Waals surface area (Å²) >= 11 is 0. The predicted octanol–water partition coefficient (Wildman–Crippen LogP) is 2.04. The van der Waals surface area contributed by atoms with Crippen molar-refractivity contribution >= 4 is 5.97 Å². The molecule has 0 fully saturated rings. The number of ether oxygens (including phenoxy) is 1. The summed E-state index contributed by atoms with van der Waals surface area (Å²) in [6.07, 6.45) is 1.23. The first-order valence-electron chi connectivity index (χ1n) is 4.46. The summed E-state index contributed by atoms with van der Waals surface area (Å²) in [5, 5.41) is 0. The molecular weight excluding hydrogens is 204 g/mol. The van der Waals surface area contributed by atoms with E-state index in [1.807, 2.05) is 0 Å². The van der Waals surface area contributed by atoms with Crippen molar-refractivity contribution in [2.24, 2.45) is 0 Å². The van der Waals surface area contributed by atoms with E-state index in [2.05, 4.69) is 9.72 Å². The molecule has 0 unspecified atom stereocenters. The van der Waals surface area contributed by atoms with E-state index in [0.29, 0.717) is 5.56 Å². The van der Waals surface area contributed by atoms with Crippen molar-refractivity contribution in [2.45, 2.75) is 19.8 Å². The van der Waals surface area contributed by atoms with Crippen LogP contribution in [-0.2, 0) is 15.5 Å². The minimum atomic E-state index is -3.68. The second-order valence-corrected chi connectivity index (χ2v) is 3.01. The average molecular weight is 215 g/mol. The molecule has 0 saturated heterocycles. The van der Waals surface area contributed by atoms with E-state index < -0.39 is 17.6 Å². The summed E-state index contributed by atoms with van der Waals surface area (Å²) in [7, 11) is 0. The maximum absolute atomic E-state index is 13.4. The van der Waals surface area contributed by atoms with Gasteiger partial charge in [0.25, 0.3) is 0 Å². The first-order valence-corrected chi connectivity index (χ1v) is 4.46. The number of aromatic nitrogens is 1. The molecule has 82 valence electrons. The molecule has 0 amide bonds. The molecule has 0 spiro atoms. The fraction of sp³-hybridized carbons (Fsp3) is 0.400. The van der Waals surface area contributed by atoms with Crippen LogP contribution in [0.5, 0.6) is 0 Å². The van der Waals surface area contributed by atoms with E-state index in [4.69, 9.17) is 0 Å². The number of hydrogen-bond donors (Lipinski definition) is 0. The molecule has 0 N–H and O–H groups in total. The summed E-state index contributed by atoms with van der Waals surface area (Å²) in [6, 6.07) is 2.74. The molecule has 0 aliphatic carbocycles. The maximum atomic E-state index is 13.4. The van der Waals surface area contributed by atoms with E-state index in [1.54, 1.807) is 13.0 Å². The zero-order valence-electron chi connectivity index (χ0n) is 8.46. The van der Waals surface area contributed by atoms with Gasteiger partial charge >= 0.3 is 11.9 Å². The molecule has 15 heavy (non-hydrogen) atoms. The second kappa shape index (κ2) is 4.33. The van der Waals surface area contributed by atoms with Crippen molar-refractivity contribution in [2.75, 3.05) is 6.61 Å². The largest absolute Gasteiger partial charge is 0.461 e. The molecule has 3 nitrogen and oxygen atoms in total. The number of carbonyl (C=O) groups is 1. The van der Waals surface area contributed by atoms with Crippen LogP contribution in [0.4, 0.5) is 8.78 Å². The van der Waals surface area contributed by atoms with Crippen LogP contribution in [0.25, 0.3) is 0 Å². The average Bonchev–Trinajstić information content (AvgIpc) is 2.18. The maximum Gasteiger partial charge on any atom is 0.384 e. The lowest BCUT2D eigenvalue weighted by Crippen LogP contribution is -2.29. The van der Waals surface area contributed by atoms with E-state index >= 15 is 0 Å². The highest BCUT2D eigenvalue weighted by Gasteiger charge is 2.44. The van der Waals surface area contributed by atoms with Gasteiger partial charge < -0.3 is 4.74 Å². The van der Waals surface area contributed by atoms with Gasteiger partial charge in [0.2, 0.25) is 0 Å². The Morgan fingerprint density at radius 1 is 1.60 bits per heavy atom. The zero-order valence-corrected chi connectivity index (χ0v) is 8.46. The number of carbonyl (C=O) groups excluding carboxylic acids is 1. The van der Waals surface area contributed by atoms with Gasteiger partial charge in [-0.2, -0.15) is 8.78 Å². The number of pyridine rings is 1. The SMILES string of the molecule is CCOC(=O)C(F)(F)c1cc(C)ccn1. The van der Waals surface area contributed by atoms with Gasteiger partial charge in [-0.3, -0.25) is 4.98 Å². The Labute approximate surface area is 86.1 Å². The Balaban J connectivity index is 2.99. The molecule has 0 aromatic carbocycles. The van der Waals surface area contributed by atoms with Crippen LogP contribution >= 0.6 is 0 Å². The Hall–Kier alpha value is -1.52. The van der Waals surface area contributed by atoms with Gasteiger partial charge in [0.1, 0.15) is 5.69 Å². The highest BCUT2D eigenvalue weighted by Crippen LogP contribution is 2.28. The molecule has 0 aliphatic rings. The van der Waals surface area contributed by atoms with Crippen LogP contribution in [-0.4, -0.2) is 17.6 Å². The van der Waals surface area contributed by atoms with E-state index in [0.717, 1.165) is 6.07 Å². The van der Waals surface area contributed by atoms with E-state index in [-0.39, 0.29) is 6.61 Å². The van der Waals surface area contributed by atoms with Gasteiger partial charge in [-0.25, -0.2) is 4.79 Å². The fourth-order valence-corrected chi connectivity index (χ4v) is 1.03. The molecular formula is C10H11F2NO2. The zero-order chi connectivity index (χ0) is 11.5. The summed E-state index contributed by atoms with van der Waals surface area (Å²) in [4.78, 5) is 14.4. The Kier molecular flexibility index (Phi) is 3.34. The first-order chi connectivity index (χ1) is 6.98. The molecule has 1 aromatic heterocycles. The Morgan fingerprint density at radius 3 is 2.80 bits per heavy atom. The summed E-state index contributed by atoms with van der Waals surface area (Å²) in [6.45, 7) is 3.03. The molecule has 0 radical (unpaired) electrons. The number of halogens is 2. The Morgan fingerprint density at radius 2 is 2.27 bits per heavy atom. The topological polar surface area (TPSA) is 39.2 Å². The van der Waals surface area contributed by atoms with Gasteiger partial charge in [0.05, 0.1) is 6.61 Å². The Bertz CT molecular complexity index is 366. The van der Waals surface area contributed by atoms with Crippen molar-refractivity contribution in [1.29, 1.82) is 0 Å². The minimum absolute atomic E-state index is 0.0831. The van der Waals surface area contributed by atoms with Crippen LogP contribution in [0.2, 0.25) is 0 Å². The van der Waals surface area contributed by atoms with Crippen LogP contribution in [0.15, 0.2) is 18.3 Å². The number of esters is 1. The van der Waals surface area contributed by atoms with Crippen molar-refractivity contribution in [1.82, 2.24) is 4.98 Å². The highest BCUT2D eigenvalue weighted by atomic mass is 19.3. The first kappa shape index (κ1) is 11.6. The number of rotatable bonds is 3. The van der Waals surface area contributed by atoms with Gasteiger partial charge in [0.15, 0.2) is 0 Å². The molecule has 0 atom stereocenters. The van der Waals surface area contributed by atoms with Gasteiger partial charge in [-0.1, -0.05) is 0 Å². The van der Waals surface area contributed by atoms with Gasteiger partial charge in [-0.15, -0.1) is 0 Å². The van der Waals surface area contributed by atoms with Crippen LogP contribution in [0, 0.1) is 6.92 Å². The van der Waals surface area contributed by atoms with Crippen molar-refractivity contribution in [3.05, 3.63) is 29.6 Å². The number of hydrogen-bond acceptors (Lipinski definition) is 3. The molecule has 1 aromatic rings. The predicted molar refractivity (Wildman–Crippen MR) is 49.5 cm³/mol. The van der Waals surface area contributed by atoms with Crippen LogP contribution < -0.4 is 0 Å². The summed E-state index contributed by atoms with van der Waals surface area (Å²) in [5.41, 5.74) is 0.0323. The van der Waals surface area contributed by atoms with E-state index in [1.165, 1.54) is 13.1 Å². The fourth-order valence-electron chi connectivity index (χ4n) is 1.03. The lowest BCUT2D eigenvalue weighted by atomic mass is 10.1. The molecule has 0 bridgehead atoms. The summed E-state index contributed by atoms with van der Waals surface area (Å²) < 4.78 is 31.0. The summed E-state index contributed by atoms with van der Waals surface area (Å²) in [5.74, 6) is -5.25. The van der Waals surface area contributed by atoms with Crippen molar-refractivity contribution < 1.29 is 18.3 Å². The molecule has 1 heterocycles. The third-order valence-corrected chi connectivity index (χ3v) is 1.77. The highest BCUT2D eigenvalue weighted by molar-refractivity contribution is 5.78. The van der Waals surface area contributed by atoms with Gasteiger partial charge in [0, 0.05) is 6.20 Å². The third kappa shape index (κ3) is 2.49. The molecule has 0 saturated carbocycles. The minimum Gasteiger partial charge on any atom is -0.461 e.